The quantitative estimate of drug-likeness (QED) is 0.656. The van der Waals surface area contributed by atoms with Crippen molar-refractivity contribution in [2.24, 2.45) is 0 Å². The number of hydrogen-bond acceptors (Lipinski definition) is 4. The van der Waals surface area contributed by atoms with E-state index in [4.69, 9.17) is 21.7 Å². The van der Waals surface area contributed by atoms with Crippen LogP contribution in [0.4, 0.5) is 0 Å². The summed E-state index contributed by atoms with van der Waals surface area (Å²) in [6.07, 6.45) is 4.04. The standard InChI is InChI=1S/C18H22N2O3S/c1-12(2)23-14-7-5-13(6-8-14)10-16-17(21)20(18(24)19-16)11-15-4-3-9-22-15/h5-8,10,12,15H,3-4,9,11H2,1-2H3,(H,19,24)/b16-10+. The summed E-state index contributed by atoms with van der Waals surface area (Å²) in [7, 11) is 0. The van der Waals surface area contributed by atoms with E-state index in [-0.39, 0.29) is 18.1 Å². The average Bonchev–Trinajstić information content (AvgIpc) is 3.13. The largest absolute Gasteiger partial charge is 0.491 e. The third-order valence-electron chi connectivity index (χ3n) is 3.94. The van der Waals surface area contributed by atoms with E-state index < -0.39 is 0 Å². The molecule has 0 saturated carbocycles. The van der Waals surface area contributed by atoms with Crippen molar-refractivity contribution in [1.29, 1.82) is 0 Å². The Bertz CT molecular complexity index is 649. The Balaban J connectivity index is 1.68. The molecule has 0 aliphatic carbocycles. The minimum atomic E-state index is -0.0991. The number of benzene rings is 1. The molecule has 128 valence electrons. The molecule has 3 rings (SSSR count). The molecule has 2 fully saturated rings. The maximum atomic E-state index is 12.5. The first-order chi connectivity index (χ1) is 11.5. The first kappa shape index (κ1) is 16.9. The fraction of sp³-hybridized carbons (Fsp3) is 0.444. The molecule has 2 heterocycles. The molecule has 24 heavy (non-hydrogen) atoms. The zero-order valence-electron chi connectivity index (χ0n) is 14.0. The van der Waals surface area contributed by atoms with Gasteiger partial charge in [-0.05, 0) is 62.7 Å². The van der Waals surface area contributed by atoms with E-state index in [9.17, 15) is 4.79 Å². The van der Waals surface area contributed by atoms with Crippen LogP contribution in [-0.4, -0.2) is 41.3 Å². The van der Waals surface area contributed by atoms with Crippen LogP contribution in [0.1, 0.15) is 32.3 Å². The highest BCUT2D eigenvalue weighted by atomic mass is 32.1. The van der Waals surface area contributed by atoms with Crippen LogP contribution in [0.5, 0.6) is 5.75 Å². The molecule has 0 bridgehead atoms. The number of rotatable bonds is 5. The highest BCUT2D eigenvalue weighted by Gasteiger charge is 2.33. The summed E-state index contributed by atoms with van der Waals surface area (Å²) in [6, 6.07) is 7.64. The minimum absolute atomic E-state index is 0.0838. The molecule has 5 nitrogen and oxygen atoms in total. The molecule has 1 aromatic carbocycles. The van der Waals surface area contributed by atoms with Crippen molar-refractivity contribution in [1.82, 2.24) is 10.2 Å². The number of nitrogens with one attached hydrogen (secondary N) is 1. The van der Waals surface area contributed by atoms with E-state index in [2.05, 4.69) is 5.32 Å². The molecule has 1 N–H and O–H groups in total. The molecule has 2 aliphatic rings. The smallest absolute Gasteiger partial charge is 0.276 e. The predicted octanol–water partition coefficient (Wildman–Crippen LogP) is 2.71. The molecule has 1 unspecified atom stereocenters. The number of carbonyl (C=O) groups excluding carboxylic acids is 1. The molecule has 0 spiro atoms. The Labute approximate surface area is 147 Å². The zero-order chi connectivity index (χ0) is 17.1. The van der Waals surface area contributed by atoms with E-state index >= 15 is 0 Å². The second kappa shape index (κ2) is 7.32. The molecular formula is C18H22N2O3S. The van der Waals surface area contributed by atoms with E-state index in [0.29, 0.717) is 17.4 Å². The Morgan fingerprint density at radius 2 is 2.17 bits per heavy atom. The fourth-order valence-corrected chi connectivity index (χ4v) is 3.08. The molecular weight excluding hydrogens is 324 g/mol. The number of carbonyl (C=O) groups is 1. The molecule has 2 aliphatic heterocycles. The summed E-state index contributed by atoms with van der Waals surface area (Å²) >= 11 is 5.29. The van der Waals surface area contributed by atoms with Gasteiger partial charge in [-0.15, -0.1) is 0 Å². The summed E-state index contributed by atoms with van der Waals surface area (Å²) in [6.45, 7) is 5.25. The van der Waals surface area contributed by atoms with Crippen molar-refractivity contribution in [3.63, 3.8) is 0 Å². The monoisotopic (exact) mass is 346 g/mol. The number of thiocarbonyl (C=S) groups is 1. The zero-order valence-corrected chi connectivity index (χ0v) is 14.8. The van der Waals surface area contributed by atoms with E-state index in [0.717, 1.165) is 30.8 Å². The number of amides is 1. The van der Waals surface area contributed by atoms with Crippen LogP contribution in [0.25, 0.3) is 6.08 Å². The van der Waals surface area contributed by atoms with Gasteiger partial charge in [-0.1, -0.05) is 12.1 Å². The highest BCUT2D eigenvalue weighted by molar-refractivity contribution is 7.80. The van der Waals surface area contributed by atoms with Crippen LogP contribution < -0.4 is 10.1 Å². The second-order valence-corrected chi connectivity index (χ2v) is 6.66. The Morgan fingerprint density at radius 3 is 2.79 bits per heavy atom. The minimum Gasteiger partial charge on any atom is -0.491 e. The first-order valence-electron chi connectivity index (χ1n) is 8.26. The van der Waals surface area contributed by atoms with Crippen LogP contribution in [0.15, 0.2) is 30.0 Å². The van der Waals surface area contributed by atoms with Gasteiger partial charge < -0.3 is 14.8 Å². The van der Waals surface area contributed by atoms with E-state index in [1.54, 1.807) is 4.90 Å². The van der Waals surface area contributed by atoms with Crippen LogP contribution >= 0.6 is 12.2 Å². The van der Waals surface area contributed by atoms with Crippen LogP contribution in [0.3, 0.4) is 0 Å². The normalized spacial score (nSPS) is 22.5. The van der Waals surface area contributed by atoms with Crippen molar-refractivity contribution in [3.8, 4) is 5.75 Å². The molecule has 1 amide bonds. The SMILES string of the molecule is CC(C)Oc1ccc(/C=C2/NC(=S)N(CC3CCCO3)C2=O)cc1. The number of nitrogens with zero attached hydrogens (tertiary/aromatic N) is 1. The van der Waals surface area contributed by atoms with Crippen LogP contribution in [0.2, 0.25) is 0 Å². The van der Waals surface area contributed by atoms with Crippen LogP contribution in [0, 0.1) is 0 Å². The van der Waals surface area contributed by atoms with Crippen molar-refractivity contribution >= 4 is 29.3 Å². The van der Waals surface area contributed by atoms with Gasteiger partial charge in [0.2, 0.25) is 0 Å². The predicted molar refractivity (Wildman–Crippen MR) is 96.6 cm³/mol. The van der Waals surface area contributed by atoms with Crippen molar-refractivity contribution in [3.05, 3.63) is 35.5 Å². The van der Waals surface area contributed by atoms with Gasteiger partial charge in [0.15, 0.2) is 5.11 Å². The Morgan fingerprint density at radius 1 is 1.42 bits per heavy atom. The van der Waals surface area contributed by atoms with E-state index in [1.165, 1.54) is 0 Å². The second-order valence-electron chi connectivity index (χ2n) is 6.27. The van der Waals surface area contributed by atoms with Gasteiger partial charge in [0.1, 0.15) is 11.4 Å². The maximum absolute atomic E-state index is 12.5. The first-order valence-corrected chi connectivity index (χ1v) is 8.66. The summed E-state index contributed by atoms with van der Waals surface area (Å²) < 4.78 is 11.2. The van der Waals surface area contributed by atoms with Gasteiger partial charge in [0.25, 0.3) is 5.91 Å². The molecule has 0 aromatic heterocycles. The van der Waals surface area contributed by atoms with Gasteiger partial charge in [-0.3, -0.25) is 9.69 Å². The van der Waals surface area contributed by atoms with Gasteiger partial charge >= 0.3 is 0 Å². The molecule has 1 atom stereocenters. The van der Waals surface area contributed by atoms with Crippen molar-refractivity contribution < 1.29 is 14.3 Å². The summed E-state index contributed by atoms with van der Waals surface area (Å²) in [5, 5.41) is 3.45. The maximum Gasteiger partial charge on any atom is 0.276 e. The van der Waals surface area contributed by atoms with Gasteiger partial charge in [0, 0.05) is 6.61 Å². The lowest BCUT2D eigenvalue weighted by Gasteiger charge is -2.18. The van der Waals surface area contributed by atoms with Crippen molar-refractivity contribution in [2.75, 3.05) is 13.2 Å². The number of hydrogen-bond donors (Lipinski definition) is 1. The van der Waals surface area contributed by atoms with Crippen molar-refractivity contribution in [2.45, 2.75) is 38.9 Å². The van der Waals surface area contributed by atoms with Crippen LogP contribution in [-0.2, 0) is 9.53 Å². The average molecular weight is 346 g/mol. The topological polar surface area (TPSA) is 50.8 Å². The Kier molecular flexibility index (Phi) is 5.16. The molecule has 2 saturated heterocycles. The third-order valence-corrected chi connectivity index (χ3v) is 4.26. The third kappa shape index (κ3) is 3.94. The summed E-state index contributed by atoms with van der Waals surface area (Å²) in [5.74, 6) is 0.714. The lowest BCUT2D eigenvalue weighted by atomic mass is 10.2. The fourth-order valence-electron chi connectivity index (χ4n) is 2.81. The van der Waals surface area contributed by atoms with Gasteiger partial charge in [-0.25, -0.2) is 0 Å². The lowest BCUT2D eigenvalue weighted by Crippen LogP contribution is -2.37. The highest BCUT2D eigenvalue weighted by Crippen LogP contribution is 2.20. The van der Waals surface area contributed by atoms with E-state index in [1.807, 2.05) is 44.2 Å². The molecule has 1 aromatic rings. The lowest BCUT2D eigenvalue weighted by molar-refractivity contribution is -0.123. The molecule has 0 radical (unpaired) electrons. The molecule has 6 heteroatoms. The van der Waals surface area contributed by atoms with Gasteiger partial charge in [0.05, 0.1) is 18.8 Å². The number of ether oxygens (including phenoxy) is 2. The summed E-state index contributed by atoms with van der Waals surface area (Å²) in [4.78, 5) is 14.1. The summed E-state index contributed by atoms with van der Waals surface area (Å²) in [5.41, 5.74) is 1.42. The Hall–Kier alpha value is -1.92. The van der Waals surface area contributed by atoms with Gasteiger partial charge in [-0.2, -0.15) is 0 Å².